The van der Waals surface area contributed by atoms with Crippen LogP contribution in [0.5, 0.6) is 5.75 Å². The van der Waals surface area contributed by atoms with Crippen molar-refractivity contribution in [1.29, 1.82) is 0 Å². The fourth-order valence-corrected chi connectivity index (χ4v) is 3.54. The average molecular weight is 379 g/mol. The first-order chi connectivity index (χ1) is 12.5. The zero-order valence-corrected chi connectivity index (χ0v) is 16.9. The van der Waals surface area contributed by atoms with Crippen molar-refractivity contribution in [2.24, 2.45) is 5.92 Å². The molecule has 1 amide bonds. The first-order valence-electron chi connectivity index (χ1n) is 9.55. The Morgan fingerprint density at radius 2 is 1.85 bits per heavy atom. The molecule has 0 saturated heterocycles. The van der Waals surface area contributed by atoms with Gasteiger partial charge in [0.2, 0.25) is 0 Å². The summed E-state index contributed by atoms with van der Waals surface area (Å²) in [5.74, 6) is 1.15. The van der Waals surface area contributed by atoms with Crippen molar-refractivity contribution in [3.8, 4) is 5.75 Å². The van der Waals surface area contributed by atoms with Crippen LogP contribution in [0.4, 0.5) is 4.79 Å². The second-order valence-electron chi connectivity index (χ2n) is 7.19. The molecule has 0 unspecified atom stereocenters. The van der Waals surface area contributed by atoms with Crippen molar-refractivity contribution in [2.75, 3.05) is 27.2 Å². The number of hydrogen-bond acceptors (Lipinski definition) is 3. The van der Waals surface area contributed by atoms with E-state index in [0.29, 0.717) is 16.7 Å². The summed E-state index contributed by atoms with van der Waals surface area (Å²) in [7, 11) is 3.99. The quantitative estimate of drug-likeness (QED) is 0.609. The van der Waals surface area contributed by atoms with E-state index in [1.807, 2.05) is 7.05 Å². The molecule has 0 atom stereocenters. The highest BCUT2D eigenvalue weighted by Crippen LogP contribution is 2.28. The molecule has 0 N–H and O–H groups in total. The second kappa shape index (κ2) is 10.6. The van der Waals surface area contributed by atoms with Gasteiger partial charge >= 0.3 is 6.09 Å². The van der Waals surface area contributed by atoms with Crippen molar-refractivity contribution in [1.82, 2.24) is 9.80 Å². The number of halogens is 1. The van der Waals surface area contributed by atoms with Gasteiger partial charge in [0.15, 0.2) is 0 Å². The van der Waals surface area contributed by atoms with Crippen LogP contribution < -0.4 is 4.74 Å². The van der Waals surface area contributed by atoms with E-state index in [0.717, 1.165) is 38.8 Å². The van der Waals surface area contributed by atoms with E-state index < -0.39 is 0 Å². The zero-order chi connectivity index (χ0) is 18.9. The topological polar surface area (TPSA) is 32.8 Å². The maximum atomic E-state index is 12.3. The highest BCUT2D eigenvalue weighted by Gasteiger charge is 2.26. The number of nitrogens with zero attached hydrogens (tertiary/aromatic N) is 2. The predicted molar refractivity (Wildman–Crippen MR) is 108 cm³/mol. The maximum Gasteiger partial charge on any atom is 0.415 e. The summed E-state index contributed by atoms with van der Waals surface area (Å²) < 4.78 is 5.43. The molecule has 26 heavy (non-hydrogen) atoms. The summed E-state index contributed by atoms with van der Waals surface area (Å²) in [6, 6.07) is 7.12. The molecule has 0 radical (unpaired) electrons. The number of ether oxygens (including phenoxy) is 1. The van der Waals surface area contributed by atoms with Gasteiger partial charge in [0.25, 0.3) is 0 Å². The minimum Gasteiger partial charge on any atom is -0.410 e. The largest absolute Gasteiger partial charge is 0.415 e. The Morgan fingerprint density at radius 3 is 2.46 bits per heavy atom. The molecule has 0 bridgehead atoms. The molecule has 2 rings (SSSR count). The molecule has 1 aromatic rings. The van der Waals surface area contributed by atoms with Crippen molar-refractivity contribution < 1.29 is 9.53 Å². The number of allylic oxidation sites excluding steroid dienone is 1. The summed E-state index contributed by atoms with van der Waals surface area (Å²) >= 11 is 5.86. The van der Waals surface area contributed by atoms with Gasteiger partial charge in [-0.2, -0.15) is 0 Å². The fourth-order valence-electron chi connectivity index (χ4n) is 3.41. The molecule has 1 saturated carbocycles. The molecule has 5 heteroatoms. The molecule has 1 aliphatic carbocycles. The predicted octanol–water partition coefficient (Wildman–Crippen LogP) is 5.23. The molecule has 1 fully saturated rings. The van der Waals surface area contributed by atoms with Gasteiger partial charge in [0, 0.05) is 24.7 Å². The van der Waals surface area contributed by atoms with E-state index in [1.54, 1.807) is 29.2 Å². The lowest BCUT2D eigenvalue weighted by atomic mass is 9.85. The molecule has 1 aliphatic rings. The lowest BCUT2D eigenvalue weighted by Gasteiger charge is -2.33. The van der Waals surface area contributed by atoms with Crippen molar-refractivity contribution >= 4 is 17.7 Å². The third kappa shape index (κ3) is 6.65. The van der Waals surface area contributed by atoms with E-state index in [9.17, 15) is 4.79 Å². The standard InChI is InChI=1S/C21H31ClN2O2/c1-4-15-23(2)16-5-6-17-7-11-19(12-8-17)24(3)21(25)26-20-13-9-18(22)10-14-20/h5-6,9-10,13-14,17,19H,4,7-8,11-12,15-16H2,1-3H3. The van der Waals surface area contributed by atoms with Crippen LogP contribution in [0.25, 0.3) is 0 Å². The van der Waals surface area contributed by atoms with Crippen molar-refractivity contribution in [3.05, 3.63) is 41.4 Å². The number of hydrogen-bond donors (Lipinski definition) is 0. The third-order valence-corrected chi connectivity index (χ3v) is 5.28. The average Bonchev–Trinajstić information content (AvgIpc) is 2.64. The van der Waals surface area contributed by atoms with Gasteiger partial charge in [0.1, 0.15) is 5.75 Å². The first-order valence-corrected chi connectivity index (χ1v) is 9.92. The Hall–Kier alpha value is -1.52. The summed E-state index contributed by atoms with van der Waals surface area (Å²) in [6.07, 6.45) is 9.82. The molecular formula is C21H31ClN2O2. The number of likely N-dealkylation sites (N-methyl/N-ethyl adjacent to an activating group) is 1. The van der Waals surface area contributed by atoms with E-state index in [-0.39, 0.29) is 12.1 Å². The van der Waals surface area contributed by atoms with Gasteiger partial charge < -0.3 is 14.5 Å². The smallest absolute Gasteiger partial charge is 0.410 e. The van der Waals surface area contributed by atoms with E-state index >= 15 is 0 Å². The maximum absolute atomic E-state index is 12.3. The SMILES string of the molecule is CCCN(C)CC=CC1CCC(N(C)C(=O)Oc2ccc(Cl)cc2)CC1. The highest BCUT2D eigenvalue weighted by atomic mass is 35.5. The minimum absolute atomic E-state index is 0.252. The Bertz CT molecular complexity index is 580. The van der Waals surface area contributed by atoms with Crippen molar-refractivity contribution in [2.45, 2.75) is 45.1 Å². The van der Waals surface area contributed by atoms with Crippen LogP contribution in [-0.2, 0) is 0 Å². The summed E-state index contributed by atoms with van der Waals surface area (Å²) in [5, 5.41) is 0.630. The summed E-state index contributed by atoms with van der Waals surface area (Å²) in [6.45, 7) is 4.36. The van der Waals surface area contributed by atoms with Crippen LogP contribution in [0.3, 0.4) is 0 Å². The Balaban J connectivity index is 1.75. The normalized spacial score (nSPS) is 20.5. The highest BCUT2D eigenvalue weighted by molar-refractivity contribution is 6.30. The van der Waals surface area contributed by atoms with Gasteiger partial charge in [-0.3, -0.25) is 0 Å². The number of carbonyl (C=O) groups is 1. The van der Waals surface area contributed by atoms with Crippen molar-refractivity contribution in [3.63, 3.8) is 0 Å². The van der Waals surface area contributed by atoms with Gasteiger partial charge in [-0.05, 0) is 75.9 Å². The summed E-state index contributed by atoms with van der Waals surface area (Å²) in [4.78, 5) is 16.4. The summed E-state index contributed by atoms with van der Waals surface area (Å²) in [5.41, 5.74) is 0. The molecule has 0 aromatic heterocycles. The Labute approximate surface area is 162 Å². The molecule has 0 spiro atoms. The van der Waals surface area contributed by atoms with Crippen LogP contribution in [0, 0.1) is 5.92 Å². The lowest BCUT2D eigenvalue weighted by Crippen LogP contribution is -2.40. The van der Waals surface area contributed by atoms with Gasteiger partial charge in [-0.15, -0.1) is 0 Å². The zero-order valence-electron chi connectivity index (χ0n) is 16.2. The Kier molecular flexibility index (Phi) is 8.46. The fraction of sp³-hybridized carbons (Fsp3) is 0.571. The van der Waals surface area contributed by atoms with Gasteiger partial charge in [0.05, 0.1) is 0 Å². The molecular weight excluding hydrogens is 348 g/mol. The van der Waals surface area contributed by atoms with Gasteiger partial charge in [-0.1, -0.05) is 30.7 Å². The molecule has 0 aliphatic heterocycles. The number of benzene rings is 1. The van der Waals surface area contributed by atoms with Gasteiger partial charge in [-0.25, -0.2) is 4.79 Å². The van der Waals surface area contributed by atoms with E-state index in [4.69, 9.17) is 16.3 Å². The molecule has 1 aromatic carbocycles. The van der Waals surface area contributed by atoms with Crippen LogP contribution in [0.2, 0.25) is 5.02 Å². The van der Waals surface area contributed by atoms with Crippen LogP contribution in [0.1, 0.15) is 39.0 Å². The van der Waals surface area contributed by atoms with E-state index in [1.165, 1.54) is 6.42 Å². The monoisotopic (exact) mass is 378 g/mol. The van der Waals surface area contributed by atoms with Crippen LogP contribution in [0.15, 0.2) is 36.4 Å². The number of rotatable bonds is 7. The Morgan fingerprint density at radius 1 is 1.19 bits per heavy atom. The first kappa shape index (κ1) is 20.8. The van der Waals surface area contributed by atoms with Crippen LogP contribution in [-0.4, -0.2) is 49.1 Å². The third-order valence-electron chi connectivity index (χ3n) is 5.03. The van der Waals surface area contributed by atoms with E-state index in [2.05, 4.69) is 31.0 Å². The van der Waals surface area contributed by atoms with Crippen LogP contribution >= 0.6 is 11.6 Å². The second-order valence-corrected chi connectivity index (χ2v) is 7.63. The number of amides is 1. The minimum atomic E-state index is -0.299. The number of carbonyl (C=O) groups excluding carboxylic acids is 1. The lowest BCUT2D eigenvalue weighted by molar-refractivity contribution is 0.128. The molecule has 4 nitrogen and oxygen atoms in total. The molecule has 0 heterocycles. The molecule has 144 valence electrons.